The van der Waals surface area contributed by atoms with Gasteiger partial charge in [-0.2, -0.15) is 0 Å². The smallest absolute Gasteiger partial charge is 0.411 e. The van der Waals surface area contributed by atoms with Gasteiger partial charge in [0.2, 0.25) is 0 Å². The highest BCUT2D eigenvalue weighted by atomic mass is 35.5. The largest absolute Gasteiger partial charge is 0.413 e. The molecule has 1 unspecified atom stereocenters. The maximum Gasteiger partial charge on any atom is 0.413 e. The normalized spacial score (nSPS) is 12.2. The fraction of sp³-hybridized carbons (Fsp3) is 0.250. The van der Waals surface area contributed by atoms with E-state index in [1.165, 1.54) is 0 Å². The molecule has 2 rings (SSSR count). The van der Waals surface area contributed by atoms with Gasteiger partial charge in [0.25, 0.3) is 0 Å². The molecule has 110 valence electrons. The molecular weight excluding hydrogens is 284 g/mol. The van der Waals surface area contributed by atoms with Crippen LogP contribution in [-0.2, 0) is 11.3 Å². The monoisotopic (exact) mass is 303 g/mol. The Balaban J connectivity index is 2.18. The first-order valence-corrected chi connectivity index (χ1v) is 7.38. The Morgan fingerprint density at radius 2 is 1.95 bits per heavy atom. The number of nitrogens with two attached hydrogens (primary N) is 1. The van der Waals surface area contributed by atoms with Gasteiger partial charge in [-0.05, 0) is 35.1 Å². The summed E-state index contributed by atoms with van der Waals surface area (Å²) in [5, 5.41) is 10.0. The molecule has 0 aliphatic carbocycles. The third kappa shape index (κ3) is 4.08. The van der Waals surface area contributed by atoms with Crippen molar-refractivity contribution in [2.24, 2.45) is 5.64 Å². The van der Waals surface area contributed by atoms with Crippen LogP contribution < -0.4 is 11.1 Å². The first-order chi connectivity index (χ1) is 10.2. The summed E-state index contributed by atoms with van der Waals surface area (Å²) in [6.07, 6.45) is 0.739. The Kier molecular flexibility index (Phi) is 5.82. The third-order valence-electron chi connectivity index (χ3n) is 3.43. The van der Waals surface area contributed by atoms with E-state index in [1.54, 1.807) is 18.2 Å². The second-order valence-corrected chi connectivity index (χ2v) is 5.30. The van der Waals surface area contributed by atoms with Crippen molar-refractivity contribution in [2.75, 3.05) is 0 Å². The summed E-state index contributed by atoms with van der Waals surface area (Å²) in [7, 11) is -0.602. The minimum absolute atomic E-state index is 0.0802. The molecule has 0 heterocycles. The highest BCUT2D eigenvalue weighted by molar-refractivity contribution is 6.64. The van der Waals surface area contributed by atoms with Crippen LogP contribution in [0.2, 0.25) is 5.02 Å². The fourth-order valence-corrected chi connectivity index (χ4v) is 2.51. The van der Waals surface area contributed by atoms with Gasteiger partial charge in [0.05, 0.1) is 12.7 Å². The molecule has 3 nitrogen and oxygen atoms in total. The van der Waals surface area contributed by atoms with Crippen LogP contribution in [0, 0.1) is 0 Å². The molecule has 0 fully saturated rings. The molecule has 0 spiro atoms. The molecule has 5 heteroatoms. The quantitative estimate of drug-likeness (QED) is 0.807. The van der Waals surface area contributed by atoms with E-state index in [0.29, 0.717) is 10.6 Å². The molecule has 2 aromatic rings. The summed E-state index contributed by atoms with van der Waals surface area (Å²) in [5.41, 5.74) is 8.70. The summed E-state index contributed by atoms with van der Waals surface area (Å²) >= 11 is 5.94. The number of aliphatic hydroxyl groups excluding tert-OH is 1. The maximum atomic E-state index is 9.43. The predicted octanol–water partition coefficient (Wildman–Crippen LogP) is 2.65. The zero-order chi connectivity index (χ0) is 15.2. The first-order valence-electron chi connectivity index (χ1n) is 7.00. The minimum Gasteiger partial charge on any atom is -0.411 e. The van der Waals surface area contributed by atoms with Crippen LogP contribution in [0.3, 0.4) is 0 Å². The van der Waals surface area contributed by atoms with Crippen molar-refractivity contribution in [1.82, 2.24) is 0 Å². The Labute approximate surface area is 130 Å². The van der Waals surface area contributed by atoms with Gasteiger partial charge in [-0.3, -0.25) is 0 Å². The number of benzene rings is 2. The topological polar surface area (TPSA) is 55.5 Å². The summed E-state index contributed by atoms with van der Waals surface area (Å²) in [6, 6.07) is 15.2. The van der Waals surface area contributed by atoms with Crippen molar-refractivity contribution in [3.8, 4) is 0 Å². The lowest BCUT2D eigenvalue weighted by molar-refractivity contribution is 0.204. The lowest BCUT2D eigenvalue weighted by atomic mass is 9.72. The van der Waals surface area contributed by atoms with Gasteiger partial charge in [-0.25, -0.2) is 0 Å². The first kappa shape index (κ1) is 16.1. The Bertz CT molecular complexity index is 580. The molecule has 0 radical (unpaired) electrons. The molecule has 0 aliphatic rings. The van der Waals surface area contributed by atoms with Crippen molar-refractivity contribution in [3.05, 3.63) is 64.7 Å². The summed E-state index contributed by atoms with van der Waals surface area (Å²) in [4.78, 5) is 0. The van der Waals surface area contributed by atoms with E-state index in [0.717, 1.165) is 17.4 Å². The Morgan fingerprint density at radius 3 is 2.57 bits per heavy atom. The molecule has 1 atom stereocenters. The molecule has 0 aliphatic heterocycles. The molecule has 0 amide bonds. The molecule has 2 aromatic carbocycles. The van der Waals surface area contributed by atoms with Crippen LogP contribution in [0.1, 0.15) is 30.6 Å². The number of aliphatic hydroxyl groups is 1. The van der Waals surface area contributed by atoms with Crippen molar-refractivity contribution < 1.29 is 9.76 Å². The second kappa shape index (κ2) is 7.62. The highest BCUT2D eigenvalue weighted by Gasteiger charge is 2.22. The van der Waals surface area contributed by atoms with Crippen LogP contribution in [0.15, 0.2) is 48.5 Å². The van der Waals surface area contributed by atoms with Gasteiger partial charge in [0.15, 0.2) is 0 Å². The zero-order valence-electron chi connectivity index (χ0n) is 12.0. The lowest BCUT2D eigenvalue weighted by Gasteiger charge is -2.21. The molecule has 3 N–H and O–H groups in total. The van der Waals surface area contributed by atoms with E-state index >= 15 is 0 Å². The van der Waals surface area contributed by atoms with Crippen molar-refractivity contribution in [3.63, 3.8) is 0 Å². The zero-order valence-corrected chi connectivity index (χ0v) is 12.8. The molecular formula is C16H19BClNO2. The predicted molar refractivity (Wildman–Crippen MR) is 87.5 cm³/mol. The van der Waals surface area contributed by atoms with Gasteiger partial charge in [-0.15, -0.1) is 0 Å². The van der Waals surface area contributed by atoms with Crippen LogP contribution in [0.5, 0.6) is 0 Å². The number of halogens is 1. The van der Waals surface area contributed by atoms with Crippen LogP contribution in [0.25, 0.3) is 0 Å². The van der Waals surface area contributed by atoms with Gasteiger partial charge < -0.3 is 15.4 Å². The van der Waals surface area contributed by atoms with Crippen LogP contribution >= 0.6 is 11.6 Å². The average molecular weight is 304 g/mol. The van der Waals surface area contributed by atoms with Gasteiger partial charge >= 0.3 is 7.05 Å². The highest BCUT2D eigenvalue weighted by Crippen LogP contribution is 2.21. The maximum absolute atomic E-state index is 9.43. The molecule has 0 bridgehead atoms. The Morgan fingerprint density at radius 1 is 1.24 bits per heavy atom. The number of rotatable bonds is 6. The summed E-state index contributed by atoms with van der Waals surface area (Å²) in [6.45, 7) is 1.94. The van der Waals surface area contributed by atoms with E-state index in [-0.39, 0.29) is 12.7 Å². The average Bonchev–Trinajstić information content (AvgIpc) is 2.53. The van der Waals surface area contributed by atoms with E-state index in [9.17, 15) is 5.11 Å². The number of hydrogen-bond acceptors (Lipinski definition) is 3. The molecule has 21 heavy (non-hydrogen) atoms. The van der Waals surface area contributed by atoms with Crippen molar-refractivity contribution in [2.45, 2.75) is 26.1 Å². The second-order valence-electron chi connectivity index (χ2n) is 4.87. The number of hydrogen-bond donors (Lipinski definition) is 2. The standard InChI is InChI=1S/C16H19BClNO2/c1-2-16(12-6-4-3-5-7-12)21-17(19)15-9-8-14(18)10-13(15)11-20/h3-10,16,20H,2,11,19H2,1H3. The summed E-state index contributed by atoms with van der Waals surface area (Å²) < 4.78 is 5.98. The minimum atomic E-state index is -0.602. The van der Waals surface area contributed by atoms with Gasteiger partial charge in [0, 0.05) is 5.02 Å². The van der Waals surface area contributed by atoms with Gasteiger partial charge in [-0.1, -0.05) is 54.9 Å². The SMILES string of the molecule is CCC(OB(N)c1ccc(Cl)cc1CO)c1ccccc1. The van der Waals surface area contributed by atoms with E-state index in [1.807, 2.05) is 30.3 Å². The molecule has 0 aromatic heterocycles. The van der Waals surface area contributed by atoms with Crippen molar-refractivity contribution >= 4 is 24.1 Å². The van der Waals surface area contributed by atoms with E-state index in [4.69, 9.17) is 21.9 Å². The Hall–Kier alpha value is -1.33. The third-order valence-corrected chi connectivity index (χ3v) is 3.67. The molecule has 0 saturated carbocycles. The molecule has 0 saturated heterocycles. The van der Waals surface area contributed by atoms with Gasteiger partial charge in [0.1, 0.15) is 0 Å². The van der Waals surface area contributed by atoms with E-state index < -0.39 is 7.05 Å². The lowest BCUT2D eigenvalue weighted by Crippen LogP contribution is -2.45. The summed E-state index contributed by atoms with van der Waals surface area (Å²) in [5.74, 6) is 0. The van der Waals surface area contributed by atoms with Crippen LogP contribution in [-0.4, -0.2) is 12.2 Å². The van der Waals surface area contributed by atoms with E-state index in [2.05, 4.69) is 6.92 Å². The fourth-order valence-electron chi connectivity index (χ4n) is 2.32. The van der Waals surface area contributed by atoms with Crippen molar-refractivity contribution in [1.29, 1.82) is 0 Å². The van der Waals surface area contributed by atoms with Crippen LogP contribution in [0.4, 0.5) is 0 Å².